The Morgan fingerprint density at radius 3 is 2.33 bits per heavy atom. The molecule has 1 saturated carbocycles. The summed E-state index contributed by atoms with van der Waals surface area (Å²) in [6.45, 7) is 4.97. The van der Waals surface area contributed by atoms with Crippen molar-refractivity contribution >= 4 is 40.5 Å². The van der Waals surface area contributed by atoms with Crippen LogP contribution in [0.25, 0.3) is 10.9 Å². The zero-order valence-electron chi connectivity index (χ0n) is 26.8. The number of hydrogen-bond donors (Lipinski definition) is 3. The molecule has 1 aromatic heterocycles. The molecule has 1 aliphatic carbocycles. The molecule has 2 fully saturated rings. The standard InChI is InChI=1S/C35H43FN4O6/c1-35(2,3)46-34(45)38-27(20-36)22-10-12-23(13-11-22)32(42)40-17-16-26(21-8-6-5-7-9-21)30(40)31(41)37-25-14-15-28-24(18-25)19-29(33(43)44)39(28)4/h5-9,14-15,18-19,22-23,26-27,30H,10-13,16-17,20H2,1-4H3,(H,37,41)(H,38,45)(H,43,44)/t22?,23?,26-,27+,30-/m0/s1. The SMILES string of the molecule is Cn1c(C(=O)O)cc2cc(NC(=O)[C@@H]3[C@H](c4ccccc4)CCN3C(=O)C3CCC([C@@H](CF)NC(=O)OC(C)(C)C)CC3)ccc21. The Morgan fingerprint density at radius 1 is 1.00 bits per heavy atom. The number of alkyl halides is 1. The number of aromatic carboxylic acids is 1. The topological polar surface area (TPSA) is 130 Å². The third-order valence-corrected chi connectivity index (χ3v) is 9.26. The van der Waals surface area contributed by atoms with E-state index in [2.05, 4.69) is 10.6 Å². The largest absolute Gasteiger partial charge is 0.477 e. The number of hydrogen-bond acceptors (Lipinski definition) is 5. The number of nitrogens with zero attached hydrogens (tertiary/aromatic N) is 2. The summed E-state index contributed by atoms with van der Waals surface area (Å²) in [5, 5.41) is 15.9. The highest BCUT2D eigenvalue weighted by Crippen LogP contribution is 2.39. The van der Waals surface area contributed by atoms with Crippen molar-refractivity contribution in [1.29, 1.82) is 0 Å². The monoisotopic (exact) mass is 634 g/mol. The predicted molar refractivity (Wildman–Crippen MR) is 172 cm³/mol. The van der Waals surface area contributed by atoms with E-state index in [0.717, 1.165) is 11.1 Å². The van der Waals surface area contributed by atoms with Crippen molar-refractivity contribution in [1.82, 2.24) is 14.8 Å². The number of aryl methyl sites for hydroxylation is 1. The summed E-state index contributed by atoms with van der Waals surface area (Å²) >= 11 is 0. The van der Waals surface area contributed by atoms with Gasteiger partial charge in [0.1, 0.15) is 24.0 Å². The fourth-order valence-electron chi connectivity index (χ4n) is 7.01. The van der Waals surface area contributed by atoms with Crippen LogP contribution in [0.4, 0.5) is 14.9 Å². The molecule has 46 heavy (non-hydrogen) atoms. The Balaban J connectivity index is 1.30. The number of aromatic nitrogens is 1. The number of amides is 3. The second-order valence-electron chi connectivity index (χ2n) is 13.5. The summed E-state index contributed by atoms with van der Waals surface area (Å²) in [7, 11) is 1.68. The third-order valence-electron chi connectivity index (χ3n) is 9.26. The van der Waals surface area contributed by atoms with E-state index in [-0.39, 0.29) is 35.3 Å². The van der Waals surface area contributed by atoms with Gasteiger partial charge in [-0.25, -0.2) is 14.0 Å². The van der Waals surface area contributed by atoms with Crippen molar-refractivity contribution < 1.29 is 33.4 Å². The molecule has 0 unspecified atom stereocenters. The number of carboxylic acid groups (broad SMARTS) is 1. The van der Waals surface area contributed by atoms with Crippen LogP contribution in [0, 0.1) is 11.8 Å². The van der Waals surface area contributed by atoms with Crippen LogP contribution in [0.1, 0.15) is 74.8 Å². The van der Waals surface area contributed by atoms with E-state index in [1.54, 1.807) is 61.6 Å². The van der Waals surface area contributed by atoms with Crippen molar-refractivity contribution in [2.75, 3.05) is 18.5 Å². The summed E-state index contributed by atoms with van der Waals surface area (Å²) < 4.78 is 20.9. The number of carboxylic acids is 1. The fourth-order valence-corrected chi connectivity index (χ4v) is 7.01. The van der Waals surface area contributed by atoms with E-state index in [0.29, 0.717) is 49.7 Å². The van der Waals surface area contributed by atoms with E-state index in [1.165, 1.54) is 0 Å². The first-order valence-corrected chi connectivity index (χ1v) is 15.9. The van der Waals surface area contributed by atoms with Crippen LogP contribution in [0.15, 0.2) is 54.6 Å². The number of anilines is 1. The van der Waals surface area contributed by atoms with Gasteiger partial charge >= 0.3 is 12.1 Å². The van der Waals surface area contributed by atoms with Gasteiger partial charge in [-0.05, 0) is 88.6 Å². The molecular weight excluding hydrogens is 591 g/mol. The molecule has 11 heteroatoms. The number of benzene rings is 2. The molecular formula is C35H43FN4O6. The highest BCUT2D eigenvalue weighted by Gasteiger charge is 2.45. The van der Waals surface area contributed by atoms with Gasteiger partial charge in [-0.3, -0.25) is 9.59 Å². The Hall–Kier alpha value is -4.41. The van der Waals surface area contributed by atoms with Crippen LogP contribution in [0.5, 0.6) is 0 Å². The number of carbonyl (C=O) groups excluding carboxylic acids is 3. The van der Waals surface area contributed by atoms with Crippen LogP contribution >= 0.6 is 0 Å². The van der Waals surface area contributed by atoms with Gasteiger partial charge in [0.2, 0.25) is 11.8 Å². The van der Waals surface area contributed by atoms with E-state index in [9.17, 15) is 28.7 Å². The van der Waals surface area contributed by atoms with E-state index >= 15 is 0 Å². The lowest BCUT2D eigenvalue weighted by atomic mass is 9.78. The lowest BCUT2D eigenvalue weighted by molar-refractivity contribution is -0.141. The van der Waals surface area contributed by atoms with E-state index in [4.69, 9.17) is 4.74 Å². The average Bonchev–Trinajstić information content (AvgIpc) is 3.61. The van der Waals surface area contributed by atoms with Gasteiger partial charge in [-0.2, -0.15) is 0 Å². The molecule has 3 aromatic rings. The molecule has 2 aliphatic rings. The van der Waals surface area contributed by atoms with Crippen LogP contribution in [0.3, 0.4) is 0 Å². The molecule has 1 saturated heterocycles. The first-order chi connectivity index (χ1) is 21.9. The van der Waals surface area contributed by atoms with Crippen molar-refractivity contribution in [3.8, 4) is 0 Å². The lowest BCUT2D eigenvalue weighted by Crippen LogP contribution is -2.49. The number of likely N-dealkylation sites (tertiary alicyclic amines) is 1. The Kier molecular flexibility index (Phi) is 9.69. The Bertz CT molecular complexity index is 1590. The average molecular weight is 635 g/mol. The molecule has 1 aliphatic heterocycles. The molecule has 3 N–H and O–H groups in total. The third kappa shape index (κ3) is 7.18. The summed E-state index contributed by atoms with van der Waals surface area (Å²) in [5.41, 5.74) is 1.67. The number of rotatable bonds is 8. The normalized spacial score (nSPS) is 22.3. The second kappa shape index (κ2) is 13.5. The zero-order valence-corrected chi connectivity index (χ0v) is 26.8. The molecule has 10 nitrogen and oxygen atoms in total. The lowest BCUT2D eigenvalue weighted by Gasteiger charge is -2.36. The molecule has 3 atom stereocenters. The fraction of sp³-hybridized carbons (Fsp3) is 0.486. The number of nitrogens with one attached hydrogen (secondary N) is 2. The minimum absolute atomic E-state index is 0.0847. The van der Waals surface area contributed by atoms with Crippen molar-refractivity contribution in [3.63, 3.8) is 0 Å². The van der Waals surface area contributed by atoms with E-state index in [1.807, 2.05) is 30.3 Å². The quantitative estimate of drug-likeness (QED) is 0.284. The van der Waals surface area contributed by atoms with Crippen LogP contribution < -0.4 is 10.6 Å². The zero-order chi connectivity index (χ0) is 33.2. The number of halogens is 1. The molecule has 5 rings (SSSR count). The molecule has 0 bridgehead atoms. The van der Waals surface area contributed by atoms with Gasteiger partial charge in [0.05, 0.1) is 6.04 Å². The Morgan fingerprint density at radius 2 is 1.70 bits per heavy atom. The second-order valence-corrected chi connectivity index (χ2v) is 13.5. The Labute approximate surface area is 268 Å². The molecule has 0 spiro atoms. The van der Waals surface area contributed by atoms with Gasteiger partial charge in [-0.15, -0.1) is 0 Å². The summed E-state index contributed by atoms with van der Waals surface area (Å²) in [6, 6.07) is 15.1. The summed E-state index contributed by atoms with van der Waals surface area (Å²) in [5.74, 6) is -2.05. The maximum absolute atomic E-state index is 14.0. The summed E-state index contributed by atoms with van der Waals surface area (Å²) in [4.78, 5) is 53.6. The van der Waals surface area contributed by atoms with Gasteiger partial charge in [0.15, 0.2) is 0 Å². The van der Waals surface area contributed by atoms with Crippen LogP contribution in [-0.2, 0) is 21.4 Å². The van der Waals surface area contributed by atoms with Gasteiger partial charge in [0, 0.05) is 42.0 Å². The van der Waals surface area contributed by atoms with Crippen molar-refractivity contribution in [2.45, 2.75) is 76.5 Å². The molecule has 0 radical (unpaired) electrons. The van der Waals surface area contributed by atoms with Crippen LogP contribution in [0.2, 0.25) is 0 Å². The minimum atomic E-state index is -1.04. The van der Waals surface area contributed by atoms with Crippen LogP contribution in [-0.4, -0.2) is 69.4 Å². The number of alkyl carbamates (subject to hydrolysis) is 1. The number of ether oxygens (including phenoxy) is 1. The first kappa shape index (κ1) is 33.0. The van der Waals surface area contributed by atoms with Crippen molar-refractivity contribution in [3.05, 3.63) is 65.9 Å². The van der Waals surface area contributed by atoms with Gasteiger partial charge in [0.25, 0.3) is 0 Å². The number of fused-ring (bicyclic) bond motifs is 1. The smallest absolute Gasteiger partial charge is 0.407 e. The molecule has 3 amide bonds. The highest BCUT2D eigenvalue weighted by atomic mass is 19.1. The molecule has 246 valence electrons. The van der Waals surface area contributed by atoms with Gasteiger partial charge in [-0.1, -0.05) is 30.3 Å². The molecule has 2 aromatic carbocycles. The maximum atomic E-state index is 14.0. The van der Waals surface area contributed by atoms with Crippen molar-refractivity contribution in [2.24, 2.45) is 18.9 Å². The molecule has 2 heterocycles. The maximum Gasteiger partial charge on any atom is 0.407 e. The number of carbonyl (C=O) groups is 4. The predicted octanol–water partition coefficient (Wildman–Crippen LogP) is 5.87. The van der Waals surface area contributed by atoms with E-state index < -0.39 is 36.4 Å². The summed E-state index contributed by atoms with van der Waals surface area (Å²) in [6.07, 6.45) is 2.19. The first-order valence-electron chi connectivity index (χ1n) is 15.9. The minimum Gasteiger partial charge on any atom is -0.477 e. The van der Waals surface area contributed by atoms with Gasteiger partial charge < -0.3 is 29.9 Å². The highest BCUT2D eigenvalue weighted by molar-refractivity contribution is 6.01.